The Morgan fingerprint density at radius 1 is 1.06 bits per heavy atom. The van der Waals surface area contributed by atoms with E-state index >= 15 is 0 Å². The Kier molecular flexibility index (Phi) is 6.34. The van der Waals surface area contributed by atoms with Crippen LogP contribution in [-0.4, -0.2) is 20.8 Å². The van der Waals surface area contributed by atoms with Crippen molar-refractivity contribution in [1.82, 2.24) is 14.9 Å². The van der Waals surface area contributed by atoms with E-state index in [1.54, 1.807) is 0 Å². The molecule has 1 saturated heterocycles. The molecule has 1 aromatic carbocycles. The number of pyridine rings is 1. The van der Waals surface area contributed by atoms with Gasteiger partial charge < -0.3 is 19.5 Å². The van der Waals surface area contributed by atoms with Gasteiger partial charge in [0.1, 0.15) is 5.75 Å². The Morgan fingerprint density at radius 3 is 2.41 bits per heavy atom. The monoisotopic (exact) mass is 474 g/mol. The van der Waals surface area contributed by atoms with Crippen LogP contribution in [0.5, 0.6) is 5.75 Å². The molecule has 5 nitrogen and oxygen atoms in total. The van der Waals surface area contributed by atoms with E-state index in [1.807, 2.05) is 18.3 Å². The fraction of sp³-hybridized carbons (Fsp3) is 0.429. The molecule has 6 heteroatoms. The first-order chi connectivity index (χ1) is 16.4. The molecule has 2 atom stereocenters. The number of thiocarbonyl (C=S) groups is 1. The Hall–Kier alpha value is -2.86. The van der Waals surface area contributed by atoms with Crippen molar-refractivity contribution in [3.8, 4) is 5.75 Å². The molecule has 1 N–H and O–H groups in total. The molecule has 2 aromatic heterocycles. The number of benzene rings is 1. The number of ether oxygens (including phenoxy) is 1. The van der Waals surface area contributed by atoms with E-state index in [9.17, 15) is 0 Å². The maximum absolute atomic E-state index is 6.21. The Balaban J connectivity index is 1.54. The van der Waals surface area contributed by atoms with E-state index in [4.69, 9.17) is 17.0 Å². The average Bonchev–Trinajstić information content (AvgIpc) is 3.53. The molecule has 1 saturated carbocycles. The van der Waals surface area contributed by atoms with Gasteiger partial charge in [0.15, 0.2) is 5.11 Å². The van der Waals surface area contributed by atoms with Crippen LogP contribution in [0.4, 0.5) is 5.69 Å². The Morgan fingerprint density at radius 2 is 1.79 bits per heavy atom. The first kappa shape index (κ1) is 22.9. The third kappa shape index (κ3) is 4.20. The molecule has 1 aliphatic heterocycles. The zero-order valence-corrected chi connectivity index (χ0v) is 21.3. The van der Waals surface area contributed by atoms with Gasteiger partial charge in [0.25, 0.3) is 0 Å². The largest absolute Gasteiger partial charge is 0.490 e. The second kappa shape index (κ2) is 9.41. The van der Waals surface area contributed by atoms with Crippen LogP contribution < -0.4 is 15.0 Å². The summed E-state index contributed by atoms with van der Waals surface area (Å²) in [4.78, 5) is 6.94. The van der Waals surface area contributed by atoms with Gasteiger partial charge in [-0.1, -0.05) is 6.07 Å². The molecule has 34 heavy (non-hydrogen) atoms. The molecular formula is C28H34N4OS. The smallest absolute Gasteiger partial charge is 0.174 e. The van der Waals surface area contributed by atoms with Crippen LogP contribution in [0.15, 0.2) is 54.7 Å². The molecule has 0 radical (unpaired) electrons. The summed E-state index contributed by atoms with van der Waals surface area (Å²) in [6, 6.07) is 17.2. The summed E-state index contributed by atoms with van der Waals surface area (Å²) in [7, 11) is 0. The summed E-state index contributed by atoms with van der Waals surface area (Å²) in [6.45, 7) is 8.87. The molecule has 3 heterocycles. The standard InChI is InChI=1S/C28H34N4OS/c1-18(2)31-19(3)17-24(20(31)4)27-26(25-11-7-8-16-29-25)30-28(34)32(27)21-12-14-23(15-13-21)33-22-9-5-6-10-22/h7-8,11-18,22,26-27H,5-6,9-10H2,1-4H3,(H,30,34)/t26-,27+/m1/s1. The number of aryl methyl sites for hydroxylation is 1. The highest BCUT2D eigenvalue weighted by Gasteiger charge is 2.42. The van der Waals surface area contributed by atoms with E-state index < -0.39 is 0 Å². The average molecular weight is 475 g/mol. The minimum Gasteiger partial charge on any atom is -0.490 e. The van der Waals surface area contributed by atoms with Crippen LogP contribution in [0.3, 0.4) is 0 Å². The van der Waals surface area contributed by atoms with Gasteiger partial charge in [-0.25, -0.2) is 0 Å². The van der Waals surface area contributed by atoms with Crippen LogP contribution >= 0.6 is 12.2 Å². The topological polar surface area (TPSA) is 42.3 Å². The predicted molar refractivity (Wildman–Crippen MR) is 142 cm³/mol. The van der Waals surface area contributed by atoms with Crippen molar-refractivity contribution in [2.45, 2.75) is 77.6 Å². The highest BCUT2D eigenvalue weighted by Crippen LogP contribution is 2.44. The minimum absolute atomic E-state index is 0.00250. The molecule has 2 aliphatic rings. The van der Waals surface area contributed by atoms with E-state index in [0.29, 0.717) is 12.1 Å². The lowest BCUT2D eigenvalue weighted by Crippen LogP contribution is -2.29. The third-order valence-corrected chi connectivity index (χ3v) is 7.49. The van der Waals surface area contributed by atoms with Crippen LogP contribution in [0.25, 0.3) is 0 Å². The third-order valence-electron chi connectivity index (χ3n) is 7.18. The number of hydrogen-bond acceptors (Lipinski definition) is 3. The van der Waals surface area contributed by atoms with Gasteiger partial charge in [0, 0.05) is 29.3 Å². The SMILES string of the molecule is Cc1cc([C@H]2[C@@H](c3ccccn3)NC(=S)N2c2ccc(OC3CCCC3)cc2)c(C)n1C(C)C. The van der Waals surface area contributed by atoms with Gasteiger partial charge in [-0.2, -0.15) is 0 Å². The van der Waals surface area contributed by atoms with Gasteiger partial charge in [0.2, 0.25) is 0 Å². The summed E-state index contributed by atoms with van der Waals surface area (Å²) in [6.07, 6.45) is 7.04. The predicted octanol–water partition coefficient (Wildman–Crippen LogP) is 6.58. The highest BCUT2D eigenvalue weighted by atomic mass is 32.1. The van der Waals surface area contributed by atoms with Crippen molar-refractivity contribution in [3.63, 3.8) is 0 Å². The maximum Gasteiger partial charge on any atom is 0.174 e. The molecule has 2 fully saturated rings. The summed E-state index contributed by atoms with van der Waals surface area (Å²) >= 11 is 5.91. The number of rotatable bonds is 6. The van der Waals surface area contributed by atoms with Gasteiger partial charge in [-0.15, -0.1) is 0 Å². The number of anilines is 1. The van der Waals surface area contributed by atoms with Gasteiger partial charge in [-0.3, -0.25) is 4.98 Å². The van der Waals surface area contributed by atoms with Gasteiger partial charge in [-0.05, 0) is 114 Å². The second-order valence-corrected chi connectivity index (χ2v) is 10.2. The normalized spacial score (nSPS) is 20.9. The minimum atomic E-state index is -0.0378. The summed E-state index contributed by atoms with van der Waals surface area (Å²) in [5.41, 5.74) is 5.87. The zero-order valence-electron chi connectivity index (χ0n) is 20.5. The van der Waals surface area contributed by atoms with E-state index in [1.165, 1.54) is 29.8 Å². The fourth-order valence-corrected chi connectivity index (χ4v) is 6.08. The van der Waals surface area contributed by atoms with Crippen LogP contribution in [0.2, 0.25) is 0 Å². The molecule has 0 bridgehead atoms. The van der Waals surface area contributed by atoms with Crippen molar-refractivity contribution >= 4 is 23.0 Å². The highest BCUT2D eigenvalue weighted by molar-refractivity contribution is 7.80. The van der Waals surface area contributed by atoms with E-state index in [-0.39, 0.29) is 12.1 Å². The van der Waals surface area contributed by atoms with Crippen LogP contribution in [0, 0.1) is 13.8 Å². The molecule has 5 rings (SSSR count). The summed E-state index contributed by atoms with van der Waals surface area (Å²) in [5, 5.41) is 4.30. The first-order valence-electron chi connectivity index (χ1n) is 12.4. The Bertz CT molecular complexity index is 1150. The molecular weight excluding hydrogens is 440 g/mol. The first-order valence-corrected chi connectivity index (χ1v) is 12.8. The number of aromatic nitrogens is 2. The van der Waals surface area contributed by atoms with Crippen molar-refractivity contribution < 1.29 is 4.74 Å². The van der Waals surface area contributed by atoms with Crippen molar-refractivity contribution in [1.29, 1.82) is 0 Å². The molecule has 178 valence electrons. The second-order valence-electron chi connectivity index (χ2n) is 9.81. The fourth-order valence-electron chi connectivity index (χ4n) is 5.73. The summed E-state index contributed by atoms with van der Waals surface area (Å²) < 4.78 is 8.61. The lowest BCUT2D eigenvalue weighted by molar-refractivity contribution is 0.210. The Labute approximate surface area is 208 Å². The molecule has 0 spiro atoms. The van der Waals surface area contributed by atoms with Crippen LogP contribution in [-0.2, 0) is 0 Å². The molecule has 0 unspecified atom stereocenters. The van der Waals surface area contributed by atoms with Crippen molar-refractivity contribution in [2.24, 2.45) is 0 Å². The number of nitrogens with zero attached hydrogens (tertiary/aromatic N) is 3. The van der Waals surface area contributed by atoms with Gasteiger partial charge in [0.05, 0.1) is 23.9 Å². The lowest BCUT2D eigenvalue weighted by atomic mass is 9.96. The van der Waals surface area contributed by atoms with Crippen LogP contribution in [0.1, 0.15) is 80.3 Å². The number of nitrogens with one attached hydrogen (secondary N) is 1. The number of hydrogen-bond donors (Lipinski definition) is 1. The molecule has 1 aliphatic carbocycles. The van der Waals surface area contributed by atoms with E-state index in [0.717, 1.165) is 35.1 Å². The molecule has 3 aromatic rings. The van der Waals surface area contributed by atoms with Gasteiger partial charge >= 0.3 is 0 Å². The van der Waals surface area contributed by atoms with E-state index in [2.05, 4.69) is 83.9 Å². The zero-order chi connectivity index (χ0) is 23.8. The summed E-state index contributed by atoms with van der Waals surface area (Å²) in [5.74, 6) is 0.935. The molecule has 0 amide bonds. The lowest BCUT2D eigenvalue weighted by Gasteiger charge is -2.28. The van der Waals surface area contributed by atoms with Crippen molar-refractivity contribution in [2.75, 3.05) is 4.90 Å². The van der Waals surface area contributed by atoms with Crippen molar-refractivity contribution in [3.05, 3.63) is 77.4 Å². The maximum atomic E-state index is 6.21. The quantitative estimate of drug-likeness (QED) is 0.409.